The van der Waals surface area contributed by atoms with Gasteiger partial charge in [0, 0.05) is 39.2 Å². The van der Waals surface area contributed by atoms with E-state index < -0.39 is 0 Å². The second kappa shape index (κ2) is 9.16. The van der Waals surface area contributed by atoms with Crippen LogP contribution in [0.2, 0.25) is 0 Å². The van der Waals surface area contributed by atoms with Gasteiger partial charge in [0.15, 0.2) is 5.16 Å². The standard InChI is InChI=1S/C18H24N4O3S/c1-3-25-12-6-10-21-16(23)14-8-4-5-9-15(14)22-17(21)19-20-18(22)26-13-7-11-24-2/h4-5,8-9H,3,6-7,10-13H2,1-2H3. The minimum atomic E-state index is -0.0343. The first-order chi connectivity index (χ1) is 12.8. The second-order valence-corrected chi connectivity index (χ2v) is 6.90. The van der Waals surface area contributed by atoms with Crippen LogP contribution in [0.25, 0.3) is 16.7 Å². The number of hydrogen-bond donors (Lipinski definition) is 0. The molecule has 0 saturated carbocycles. The monoisotopic (exact) mass is 376 g/mol. The van der Waals surface area contributed by atoms with Crippen LogP contribution in [0.4, 0.5) is 0 Å². The topological polar surface area (TPSA) is 70.7 Å². The van der Waals surface area contributed by atoms with Crippen LogP contribution in [-0.4, -0.2) is 51.8 Å². The van der Waals surface area contributed by atoms with Crippen molar-refractivity contribution in [3.8, 4) is 0 Å². The normalized spacial score (nSPS) is 11.6. The second-order valence-electron chi connectivity index (χ2n) is 5.84. The fraction of sp³-hybridized carbons (Fsp3) is 0.500. The SMILES string of the molecule is CCOCCCn1c(=O)c2ccccc2n2c(SCCCOC)nnc12. The molecule has 0 aliphatic heterocycles. The van der Waals surface area contributed by atoms with Crippen molar-refractivity contribution in [3.63, 3.8) is 0 Å². The molecule has 0 amide bonds. The van der Waals surface area contributed by atoms with Crippen LogP contribution in [0.5, 0.6) is 0 Å². The lowest BCUT2D eigenvalue weighted by atomic mass is 10.2. The molecule has 0 atom stereocenters. The molecule has 2 aromatic heterocycles. The van der Waals surface area contributed by atoms with Crippen LogP contribution in [-0.2, 0) is 16.0 Å². The molecule has 0 unspecified atom stereocenters. The zero-order valence-electron chi connectivity index (χ0n) is 15.2. The largest absolute Gasteiger partial charge is 0.385 e. The number of thioether (sulfide) groups is 1. The van der Waals surface area contributed by atoms with Gasteiger partial charge in [-0.1, -0.05) is 23.9 Å². The molecule has 26 heavy (non-hydrogen) atoms. The lowest BCUT2D eigenvalue weighted by molar-refractivity contribution is 0.141. The van der Waals surface area contributed by atoms with Crippen molar-refractivity contribution >= 4 is 28.4 Å². The van der Waals surface area contributed by atoms with E-state index in [-0.39, 0.29) is 5.56 Å². The summed E-state index contributed by atoms with van der Waals surface area (Å²) in [6.45, 7) is 4.53. The van der Waals surface area contributed by atoms with Crippen molar-refractivity contribution in [2.45, 2.75) is 31.5 Å². The molecule has 0 aliphatic rings. The van der Waals surface area contributed by atoms with Crippen molar-refractivity contribution in [2.24, 2.45) is 0 Å². The molecule has 3 aromatic rings. The zero-order chi connectivity index (χ0) is 18.4. The minimum Gasteiger partial charge on any atom is -0.385 e. The third-order valence-corrected chi connectivity index (χ3v) is 5.09. The summed E-state index contributed by atoms with van der Waals surface area (Å²) < 4.78 is 14.2. The fourth-order valence-corrected chi connectivity index (χ4v) is 3.72. The van der Waals surface area contributed by atoms with Gasteiger partial charge < -0.3 is 9.47 Å². The van der Waals surface area contributed by atoms with E-state index in [0.29, 0.717) is 37.5 Å². The molecular formula is C18H24N4O3S. The molecule has 0 saturated heterocycles. The Morgan fingerprint density at radius 2 is 2.00 bits per heavy atom. The number of rotatable bonds is 10. The molecule has 0 aliphatic carbocycles. The Morgan fingerprint density at radius 3 is 2.81 bits per heavy atom. The first-order valence-electron chi connectivity index (χ1n) is 8.84. The predicted octanol–water partition coefficient (Wildman–Crippen LogP) is 2.60. The predicted molar refractivity (Wildman–Crippen MR) is 103 cm³/mol. The highest BCUT2D eigenvalue weighted by molar-refractivity contribution is 7.99. The van der Waals surface area contributed by atoms with Crippen LogP contribution >= 0.6 is 11.8 Å². The molecule has 0 radical (unpaired) electrons. The molecule has 7 nitrogen and oxygen atoms in total. The minimum absolute atomic E-state index is 0.0343. The Hall–Kier alpha value is -1.90. The average molecular weight is 376 g/mol. The maximum absolute atomic E-state index is 12.9. The Bertz CT molecular complexity index is 922. The summed E-state index contributed by atoms with van der Waals surface area (Å²) in [5, 5.41) is 10.1. The summed E-state index contributed by atoms with van der Waals surface area (Å²) in [6, 6.07) is 7.61. The lowest BCUT2D eigenvalue weighted by Gasteiger charge is -2.11. The van der Waals surface area contributed by atoms with E-state index in [1.54, 1.807) is 23.4 Å². The van der Waals surface area contributed by atoms with Gasteiger partial charge in [-0.25, -0.2) is 0 Å². The first-order valence-corrected chi connectivity index (χ1v) is 9.82. The molecule has 140 valence electrons. The number of aryl methyl sites for hydroxylation is 1. The highest BCUT2D eigenvalue weighted by Crippen LogP contribution is 2.22. The fourth-order valence-electron chi connectivity index (χ4n) is 2.86. The third kappa shape index (κ3) is 3.92. The molecule has 8 heteroatoms. The molecule has 0 bridgehead atoms. The van der Waals surface area contributed by atoms with Crippen molar-refractivity contribution in [1.82, 2.24) is 19.2 Å². The van der Waals surface area contributed by atoms with Gasteiger partial charge >= 0.3 is 0 Å². The average Bonchev–Trinajstić information content (AvgIpc) is 3.08. The van der Waals surface area contributed by atoms with Gasteiger partial charge in [-0.05, 0) is 31.9 Å². The van der Waals surface area contributed by atoms with Gasteiger partial charge in [0.2, 0.25) is 5.78 Å². The summed E-state index contributed by atoms with van der Waals surface area (Å²) in [5.41, 5.74) is 0.806. The molecule has 3 rings (SSSR count). The van der Waals surface area contributed by atoms with Crippen LogP contribution in [0.3, 0.4) is 0 Å². The van der Waals surface area contributed by atoms with Gasteiger partial charge in [-0.15, -0.1) is 10.2 Å². The number of aromatic nitrogens is 4. The highest BCUT2D eigenvalue weighted by Gasteiger charge is 2.16. The summed E-state index contributed by atoms with van der Waals surface area (Å²) in [7, 11) is 1.70. The number of benzene rings is 1. The molecule has 0 N–H and O–H groups in total. The van der Waals surface area contributed by atoms with Crippen molar-refractivity contribution in [3.05, 3.63) is 34.6 Å². The van der Waals surface area contributed by atoms with Crippen molar-refractivity contribution in [1.29, 1.82) is 0 Å². The van der Waals surface area contributed by atoms with E-state index in [0.717, 1.165) is 29.3 Å². The molecule has 0 spiro atoms. The molecule has 0 fully saturated rings. The van der Waals surface area contributed by atoms with E-state index in [1.165, 1.54) is 0 Å². The lowest BCUT2D eigenvalue weighted by Crippen LogP contribution is -2.24. The van der Waals surface area contributed by atoms with Crippen molar-refractivity contribution in [2.75, 3.05) is 32.7 Å². The number of nitrogens with zero attached hydrogens (tertiary/aromatic N) is 4. The van der Waals surface area contributed by atoms with Crippen LogP contribution in [0.15, 0.2) is 34.2 Å². The van der Waals surface area contributed by atoms with Gasteiger partial charge in [-0.3, -0.25) is 13.8 Å². The smallest absolute Gasteiger partial charge is 0.262 e. The summed E-state index contributed by atoms with van der Waals surface area (Å²) in [4.78, 5) is 12.9. The Kier molecular flexibility index (Phi) is 6.65. The van der Waals surface area contributed by atoms with E-state index in [4.69, 9.17) is 9.47 Å². The van der Waals surface area contributed by atoms with E-state index in [9.17, 15) is 4.79 Å². The molecule has 2 heterocycles. The van der Waals surface area contributed by atoms with Gasteiger partial charge in [0.05, 0.1) is 10.9 Å². The van der Waals surface area contributed by atoms with Crippen molar-refractivity contribution < 1.29 is 9.47 Å². The van der Waals surface area contributed by atoms with Gasteiger partial charge in [0.25, 0.3) is 5.56 Å². The van der Waals surface area contributed by atoms with Crippen LogP contribution in [0.1, 0.15) is 19.8 Å². The van der Waals surface area contributed by atoms with Gasteiger partial charge in [0.1, 0.15) is 0 Å². The third-order valence-electron chi connectivity index (χ3n) is 4.08. The number of ether oxygens (including phenoxy) is 2. The quantitative estimate of drug-likeness (QED) is 0.400. The number of methoxy groups -OCH3 is 1. The number of para-hydroxylation sites is 1. The van der Waals surface area contributed by atoms with E-state index >= 15 is 0 Å². The summed E-state index contributed by atoms with van der Waals surface area (Å²) in [6.07, 6.45) is 1.69. The summed E-state index contributed by atoms with van der Waals surface area (Å²) >= 11 is 1.63. The van der Waals surface area contributed by atoms with Crippen LogP contribution in [0, 0.1) is 0 Å². The maximum atomic E-state index is 12.9. The Labute approximate surface area is 156 Å². The molecule has 1 aromatic carbocycles. The number of hydrogen-bond acceptors (Lipinski definition) is 6. The van der Waals surface area contributed by atoms with E-state index in [1.807, 2.05) is 35.6 Å². The molecular weight excluding hydrogens is 352 g/mol. The highest BCUT2D eigenvalue weighted by atomic mass is 32.2. The maximum Gasteiger partial charge on any atom is 0.262 e. The first kappa shape index (κ1) is 18.9. The number of fused-ring (bicyclic) bond motifs is 3. The van der Waals surface area contributed by atoms with E-state index in [2.05, 4.69) is 10.2 Å². The Morgan fingerprint density at radius 1 is 1.15 bits per heavy atom. The Balaban J connectivity index is 2.01. The summed E-state index contributed by atoms with van der Waals surface area (Å²) in [5.74, 6) is 1.46. The zero-order valence-corrected chi connectivity index (χ0v) is 16.0. The van der Waals surface area contributed by atoms with Gasteiger partial charge in [-0.2, -0.15) is 0 Å². The van der Waals surface area contributed by atoms with Crippen LogP contribution < -0.4 is 5.56 Å².